The van der Waals surface area contributed by atoms with Crippen molar-refractivity contribution in [1.82, 2.24) is 16.0 Å². The summed E-state index contributed by atoms with van der Waals surface area (Å²) in [6.45, 7) is 7.73. The number of nitrogens with zero attached hydrogens (tertiary/aromatic N) is 1. The maximum Gasteiger partial charge on any atom is 0.251 e. The largest absolute Gasteiger partial charge is 0.489 e. The van der Waals surface area contributed by atoms with Crippen LogP contribution in [0.2, 0.25) is 0 Å². The first-order valence-electron chi connectivity index (χ1n) is 9.25. The van der Waals surface area contributed by atoms with Crippen LogP contribution in [0.5, 0.6) is 5.75 Å². The number of aryl methyl sites for hydroxylation is 1. The predicted molar refractivity (Wildman–Crippen MR) is 114 cm³/mol. The molecule has 0 aliphatic heterocycles. The average molecular weight is 380 g/mol. The molecule has 6 nitrogen and oxygen atoms in total. The van der Waals surface area contributed by atoms with E-state index >= 15 is 0 Å². The Bertz CT molecular complexity index is 818. The molecule has 0 unspecified atom stereocenters. The molecule has 0 bridgehead atoms. The highest BCUT2D eigenvalue weighted by Gasteiger charge is 2.06. The fourth-order valence-corrected chi connectivity index (χ4v) is 2.58. The molecule has 0 spiro atoms. The predicted octanol–water partition coefficient (Wildman–Crippen LogP) is 2.65. The first kappa shape index (κ1) is 21.0. The Labute approximate surface area is 166 Å². The van der Waals surface area contributed by atoms with Crippen molar-refractivity contribution in [1.29, 1.82) is 0 Å². The van der Waals surface area contributed by atoms with Gasteiger partial charge in [0, 0.05) is 37.8 Å². The minimum Gasteiger partial charge on any atom is -0.489 e. The van der Waals surface area contributed by atoms with Gasteiger partial charge in [-0.05, 0) is 25.1 Å². The van der Waals surface area contributed by atoms with Gasteiger partial charge in [0.05, 0.1) is 0 Å². The van der Waals surface area contributed by atoms with Crippen LogP contribution in [0.3, 0.4) is 0 Å². The van der Waals surface area contributed by atoms with Gasteiger partial charge in [0.2, 0.25) is 0 Å². The molecular weight excluding hydrogens is 352 g/mol. The summed E-state index contributed by atoms with van der Waals surface area (Å²) in [5, 5.41) is 9.34. The van der Waals surface area contributed by atoms with Crippen LogP contribution in [0.4, 0.5) is 0 Å². The van der Waals surface area contributed by atoms with Gasteiger partial charge in [-0.3, -0.25) is 9.79 Å². The second-order valence-electron chi connectivity index (χ2n) is 6.19. The first-order valence-corrected chi connectivity index (χ1v) is 9.25. The van der Waals surface area contributed by atoms with Crippen molar-refractivity contribution in [3.05, 3.63) is 77.9 Å². The molecule has 0 saturated carbocycles. The van der Waals surface area contributed by atoms with Gasteiger partial charge in [0.1, 0.15) is 12.4 Å². The van der Waals surface area contributed by atoms with E-state index in [0.29, 0.717) is 37.8 Å². The van der Waals surface area contributed by atoms with Crippen molar-refractivity contribution >= 4 is 11.9 Å². The summed E-state index contributed by atoms with van der Waals surface area (Å²) in [6.07, 6.45) is 1.72. The van der Waals surface area contributed by atoms with Crippen LogP contribution < -0.4 is 20.7 Å². The maximum absolute atomic E-state index is 12.1. The number of rotatable bonds is 9. The zero-order valence-corrected chi connectivity index (χ0v) is 16.5. The van der Waals surface area contributed by atoms with Crippen molar-refractivity contribution in [3.63, 3.8) is 0 Å². The number of hydrogen-bond acceptors (Lipinski definition) is 3. The molecule has 1 amide bonds. The summed E-state index contributed by atoms with van der Waals surface area (Å²) in [4.78, 5) is 16.3. The van der Waals surface area contributed by atoms with Gasteiger partial charge < -0.3 is 20.7 Å². The molecular formula is C22H28N4O2. The van der Waals surface area contributed by atoms with E-state index < -0.39 is 0 Å². The molecule has 0 heterocycles. The molecule has 0 radical (unpaired) electrons. The number of carbonyl (C=O) groups excluding carboxylic acids is 1. The zero-order valence-electron chi connectivity index (χ0n) is 16.5. The molecule has 0 saturated heterocycles. The highest BCUT2D eigenvalue weighted by Crippen LogP contribution is 2.17. The van der Waals surface area contributed by atoms with Crippen LogP contribution in [0, 0.1) is 6.92 Å². The first-order chi connectivity index (χ1) is 13.6. The normalized spacial score (nSPS) is 10.9. The van der Waals surface area contributed by atoms with Crippen LogP contribution in [0.25, 0.3) is 0 Å². The lowest BCUT2D eigenvalue weighted by atomic mass is 10.1. The molecule has 0 aromatic heterocycles. The van der Waals surface area contributed by atoms with Crippen LogP contribution in [-0.4, -0.2) is 38.6 Å². The Morgan fingerprint density at radius 1 is 1.11 bits per heavy atom. The second-order valence-corrected chi connectivity index (χ2v) is 6.19. The highest BCUT2D eigenvalue weighted by atomic mass is 16.5. The van der Waals surface area contributed by atoms with Gasteiger partial charge in [0.15, 0.2) is 5.96 Å². The summed E-state index contributed by atoms with van der Waals surface area (Å²) in [7, 11) is 1.71. The van der Waals surface area contributed by atoms with E-state index in [9.17, 15) is 4.79 Å². The van der Waals surface area contributed by atoms with Gasteiger partial charge in [-0.2, -0.15) is 0 Å². The monoisotopic (exact) mass is 380 g/mol. The van der Waals surface area contributed by atoms with Crippen molar-refractivity contribution in [3.8, 4) is 5.75 Å². The molecule has 28 heavy (non-hydrogen) atoms. The molecule has 0 fully saturated rings. The smallest absolute Gasteiger partial charge is 0.251 e. The van der Waals surface area contributed by atoms with Crippen molar-refractivity contribution in [2.45, 2.75) is 13.5 Å². The van der Waals surface area contributed by atoms with Gasteiger partial charge in [-0.15, -0.1) is 0 Å². The third-order valence-electron chi connectivity index (χ3n) is 3.98. The quantitative estimate of drug-likeness (QED) is 0.271. The molecule has 6 heteroatoms. The number of hydrogen-bond donors (Lipinski definition) is 3. The minimum atomic E-state index is -0.0817. The van der Waals surface area contributed by atoms with Crippen molar-refractivity contribution < 1.29 is 9.53 Å². The van der Waals surface area contributed by atoms with Crippen molar-refractivity contribution in [2.24, 2.45) is 4.99 Å². The number of aliphatic imine (C=N–C) groups is 1. The lowest BCUT2D eigenvalue weighted by molar-refractivity contribution is 0.0954. The Hall–Kier alpha value is -3.28. The second kappa shape index (κ2) is 11.4. The molecule has 2 aromatic carbocycles. The number of ether oxygens (including phenoxy) is 1. The van der Waals surface area contributed by atoms with E-state index in [1.54, 1.807) is 13.1 Å². The standard InChI is InChI=1S/C22H28N4O2/c1-4-14-28-20-11-6-5-9-19(20)16-26-22(23-3)25-13-12-24-21(27)18-10-7-8-17(2)15-18/h4-11,15H,1,12-14,16H2,2-3H3,(H,24,27)(H2,23,25,26). The van der Waals surface area contributed by atoms with Crippen LogP contribution in [0.15, 0.2) is 66.2 Å². The summed E-state index contributed by atoms with van der Waals surface area (Å²) >= 11 is 0. The third-order valence-corrected chi connectivity index (χ3v) is 3.98. The Balaban J connectivity index is 1.76. The minimum absolute atomic E-state index is 0.0817. The topological polar surface area (TPSA) is 74.8 Å². The molecule has 0 aliphatic rings. The number of benzene rings is 2. The van der Waals surface area contributed by atoms with Gasteiger partial charge in [-0.1, -0.05) is 48.6 Å². The van der Waals surface area contributed by atoms with E-state index in [2.05, 4.69) is 27.5 Å². The van der Waals surface area contributed by atoms with Crippen LogP contribution in [-0.2, 0) is 6.54 Å². The number of nitrogens with one attached hydrogen (secondary N) is 3. The Kier molecular flexibility index (Phi) is 8.59. The van der Waals surface area contributed by atoms with E-state index in [1.165, 1.54) is 0 Å². The zero-order chi connectivity index (χ0) is 20.2. The van der Waals surface area contributed by atoms with Gasteiger partial charge in [0.25, 0.3) is 5.91 Å². The van der Waals surface area contributed by atoms with E-state index in [0.717, 1.165) is 16.9 Å². The summed E-state index contributed by atoms with van der Waals surface area (Å²) < 4.78 is 5.66. The Morgan fingerprint density at radius 3 is 2.64 bits per heavy atom. The van der Waals surface area contributed by atoms with Gasteiger partial charge in [-0.25, -0.2) is 0 Å². The fraction of sp³-hybridized carbons (Fsp3) is 0.273. The lowest BCUT2D eigenvalue weighted by Gasteiger charge is -2.14. The molecule has 0 aliphatic carbocycles. The fourth-order valence-electron chi connectivity index (χ4n) is 2.58. The van der Waals surface area contributed by atoms with E-state index in [1.807, 2.05) is 55.5 Å². The van der Waals surface area contributed by atoms with Crippen molar-refractivity contribution in [2.75, 3.05) is 26.7 Å². The Morgan fingerprint density at radius 2 is 1.89 bits per heavy atom. The number of carbonyl (C=O) groups is 1. The third kappa shape index (κ3) is 6.79. The lowest BCUT2D eigenvalue weighted by Crippen LogP contribution is -2.41. The highest BCUT2D eigenvalue weighted by molar-refractivity contribution is 5.94. The number of amides is 1. The summed E-state index contributed by atoms with van der Waals surface area (Å²) in [5.41, 5.74) is 2.76. The number of para-hydroxylation sites is 1. The van der Waals surface area contributed by atoms with Crippen LogP contribution >= 0.6 is 0 Å². The summed E-state index contributed by atoms with van der Waals surface area (Å²) in [6, 6.07) is 15.4. The van der Waals surface area contributed by atoms with Crippen LogP contribution in [0.1, 0.15) is 21.5 Å². The number of guanidine groups is 1. The molecule has 2 aromatic rings. The molecule has 3 N–H and O–H groups in total. The SMILES string of the molecule is C=CCOc1ccccc1CNC(=NC)NCCNC(=O)c1cccc(C)c1. The van der Waals surface area contributed by atoms with E-state index in [-0.39, 0.29) is 5.91 Å². The summed E-state index contributed by atoms with van der Waals surface area (Å²) in [5.74, 6) is 1.39. The molecule has 2 rings (SSSR count). The molecule has 148 valence electrons. The van der Waals surface area contributed by atoms with Gasteiger partial charge >= 0.3 is 0 Å². The maximum atomic E-state index is 12.1. The average Bonchev–Trinajstić information content (AvgIpc) is 2.72. The van der Waals surface area contributed by atoms with E-state index in [4.69, 9.17) is 4.74 Å². The molecule has 0 atom stereocenters.